The summed E-state index contributed by atoms with van der Waals surface area (Å²) in [4.78, 5) is 38.5. The van der Waals surface area contributed by atoms with Gasteiger partial charge in [0.2, 0.25) is 11.8 Å². The summed E-state index contributed by atoms with van der Waals surface area (Å²) in [5.74, 6) is -2.33. The van der Waals surface area contributed by atoms with Gasteiger partial charge < -0.3 is 15.5 Å². The number of aryl methyl sites for hydroxylation is 1. The third-order valence-electron chi connectivity index (χ3n) is 6.25. The van der Waals surface area contributed by atoms with Gasteiger partial charge in [-0.3, -0.25) is 19.1 Å². The minimum Gasteiger partial charge on any atom is -0.339 e. The van der Waals surface area contributed by atoms with Gasteiger partial charge in [0.25, 0.3) is 5.91 Å². The molecule has 2 N–H and O–H groups in total. The van der Waals surface area contributed by atoms with Gasteiger partial charge in [0.1, 0.15) is 24.1 Å². The first-order chi connectivity index (χ1) is 17.8. The van der Waals surface area contributed by atoms with Gasteiger partial charge in [-0.05, 0) is 43.0 Å². The van der Waals surface area contributed by atoms with Crippen LogP contribution in [0, 0.1) is 11.7 Å². The van der Waals surface area contributed by atoms with Gasteiger partial charge in [-0.1, -0.05) is 39.2 Å². The first-order valence-electron chi connectivity index (χ1n) is 12.6. The molecule has 1 aromatic heterocycles. The number of hydrogen-bond donors (Lipinski definition) is 2. The van der Waals surface area contributed by atoms with Crippen molar-refractivity contribution in [3.8, 4) is 0 Å². The van der Waals surface area contributed by atoms with E-state index >= 15 is 0 Å². The maximum Gasteiger partial charge on any atom is 0.406 e. The Labute approximate surface area is 219 Å². The first kappa shape index (κ1) is 30.8. The lowest BCUT2D eigenvalue weighted by atomic mass is 9.99. The highest BCUT2D eigenvalue weighted by Gasteiger charge is 2.31. The minimum absolute atomic E-state index is 0.158. The summed E-state index contributed by atoms with van der Waals surface area (Å²) in [5.41, 5.74) is 0.281. The van der Waals surface area contributed by atoms with Crippen LogP contribution >= 0.6 is 0 Å². The molecule has 0 spiro atoms. The number of benzene rings is 1. The van der Waals surface area contributed by atoms with E-state index in [-0.39, 0.29) is 11.3 Å². The number of nitrogens with one attached hydrogen (secondary N) is 2. The van der Waals surface area contributed by atoms with E-state index in [9.17, 15) is 31.9 Å². The molecule has 38 heavy (non-hydrogen) atoms. The lowest BCUT2D eigenvalue weighted by molar-refractivity contribution is -0.157. The maximum atomic E-state index is 14.8. The molecule has 0 fully saturated rings. The second kappa shape index (κ2) is 13.9. The summed E-state index contributed by atoms with van der Waals surface area (Å²) in [7, 11) is 1.02. The van der Waals surface area contributed by atoms with Crippen molar-refractivity contribution in [1.29, 1.82) is 0 Å². The van der Waals surface area contributed by atoms with Crippen molar-refractivity contribution < 1.29 is 31.9 Å². The molecule has 0 saturated carbocycles. The van der Waals surface area contributed by atoms with Gasteiger partial charge in [0.05, 0.1) is 12.1 Å². The van der Waals surface area contributed by atoms with Gasteiger partial charge in [-0.25, -0.2) is 4.39 Å². The smallest absolute Gasteiger partial charge is 0.339 e. The van der Waals surface area contributed by atoms with Crippen LogP contribution in [0.1, 0.15) is 62.5 Å². The predicted molar refractivity (Wildman–Crippen MR) is 135 cm³/mol. The molecule has 210 valence electrons. The number of anilines is 1. The van der Waals surface area contributed by atoms with Crippen LogP contribution in [0.15, 0.2) is 30.5 Å². The van der Waals surface area contributed by atoms with E-state index in [1.165, 1.54) is 23.0 Å². The van der Waals surface area contributed by atoms with Gasteiger partial charge in [0.15, 0.2) is 0 Å². The Balaban J connectivity index is 2.11. The van der Waals surface area contributed by atoms with Crippen molar-refractivity contribution in [2.45, 2.75) is 71.6 Å². The maximum absolute atomic E-state index is 14.8. The van der Waals surface area contributed by atoms with E-state index in [2.05, 4.69) is 29.6 Å². The molecule has 1 aromatic carbocycles. The van der Waals surface area contributed by atoms with E-state index in [0.717, 1.165) is 26.0 Å². The van der Waals surface area contributed by atoms with E-state index in [1.807, 2.05) is 6.92 Å². The van der Waals surface area contributed by atoms with Gasteiger partial charge in [-0.2, -0.15) is 18.3 Å². The Kier molecular flexibility index (Phi) is 11.3. The molecular weight excluding hydrogens is 506 g/mol. The second-order valence-corrected chi connectivity index (χ2v) is 9.35. The van der Waals surface area contributed by atoms with Gasteiger partial charge >= 0.3 is 6.18 Å². The zero-order chi connectivity index (χ0) is 28.5. The molecule has 0 aliphatic heterocycles. The lowest BCUT2D eigenvalue weighted by Gasteiger charge is -2.20. The van der Waals surface area contributed by atoms with Gasteiger partial charge in [0, 0.05) is 19.8 Å². The number of nitrogens with zero attached hydrogens (tertiary/aromatic N) is 3. The van der Waals surface area contributed by atoms with Crippen LogP contribution in [-0.4, -0.2) is 58.2 Å². The Hall–Kier alpha value is -3.44. The predicted octanol–water partition coefficient (Wildman–Crippen LogP) is 4.56. The molecule has 2 aromatic rings. The highest BCUT2D eigenvalue weighted by Crippen LogP contribution is 2.20. The molecule has 0 saturated heterocycles. The molecule has 0 aliphatic carbocycles. The average molecular weight is 542 g/mol. The average Bonchev–Trinajstić information content (AvgIpc) is 3.33. The first-order valence-corrected chi connectivity index (χ1v) is 12.6. The van der Waals surface area contributed by atoms with Crippen LogP contribution < -0.4 is 10.6 Å². The molecule has 2 atom stereocenters. The van der Waals surface area contributed by atoms with E-state index in [1.54, 1.807) is 6.07 Å². The Morgan fingerprint density at radius 1 is 1.13 bits per heavy atom. The zero-order valence-corrected chi connectivity index (χ0v) is 22.1. The number of aromatic nitrogens is 2. The summed E-state index contributed by atoms with van der Waals surface area (Å²) in [5, 5.41) is 9.26. The summed E-state index contributed by atoms with van der Waals surface area (Å²) in [6, 6.07) is 4.19. The standard InChI is InChI=1S/C26H35F4N5O3/c1-5-17(3)8-7-9-21(33-25(38)22-12-13-31-35(22)6-2)24(37)32-20-11-10-18(14-19(20)27)15-23(36)34(4)16-26(28,29)30/h10-14,17,21H,5-9,15-16H2,1-4H3,(H,32,37)(H,33,38). The number of alkyl halides is 3. The highest BCUT2D eigenvalue weighted by molar-refractivity contribution is 6.00. The molecule has 12 heteroatoms. The van der Waals surface area contributed by atoms with Crippen molar-refractivity contribution in [1.82, 2.24) is 20.0 Å². The fourth-order valence-corrected chi connectivity index (χ4v) is 3.81. The number of carbonyl (C=O) groups is 3. The number of hydrogen-bond acceptors (Lipinski definition) is 4. The Bertz CT molecular complexity index is 1100. The summed E-state index contributed by atoms with van der Waals surface area (Å²) < 4.78 is 53.8. The minimum atomic E-state index is -4.54. The van der Waals surface area contributed by atoms with Crippen LogP contribution in [-0.2, 0) is 22.6 Å². The van der Waals surface area contributed by atoms with Crippen LogP contribution in [0.4, 0.5) is 23.2 Å². The monoisotopic (exact) mass is 541 g/mol. The molecule has 1 heterocycles. The highest BCUT2D eigenvalue weighted by atomic mass is 19.4. The van der Waals surface area contributed by atoms with Crippen molar-refractivity contribution in [3.63, 3.8) is 0 Å². The topological polar surface area (TPSA) is 96.3 Å². The fourth-order valence-electron chi connectivity index (χ4n) is 3.81. The third kappa shape index (κ3) is 9.46. The van der Waals surface area contributed by atoms with E-state index in [4.69, 9.17) is 0 Å². The number of likely N-dealkylation sites (N-methyl/N-ethyl adjacent to an activating group) is 1. The molecule has 0 radical (unpaired) electrons. The fraction of sp³-hybridized carbons (Fsp3) is 0.538. The number of rotatable bonds is 13. The zero-order valence-electron chi connectivity index (χ0n) is 22.1. The second-order valence-electron chi connectivity index (χ2n) is 9.35. The van der Waals surface area contributed by atoms with E-state index < -0.39 is 48.7 Å². The molecule has 2 unspecified atom stereocenters. The quantitative estimate of drug-likeness (QED) is 0.364. The summed E-state index contributed by atoms with van der Waals surface area (Å²) in [6.07, 6.45) is -0.665. The van der Waals surface area contributed by atoms with Crippen molar-refractivity contribution in [3.05, 3.63) is 47.5 Å². The largest absolute Gasteiger partial charge is 0.406 e. The van der Waals surface area contributed by atoms with Gasteiger partial charge in [-0.15, -0.1) is 0 Å². The Morgan fingerprint density at radius 3 is 2.45 bits per heavy atom. The van der Waals surface area contributed by atoms with Crippen molar-refractivity contribution in [2.75, 3.05) is 18.9 Å². The SMILES string of the molecule is CCC(C)CCCC(NC(=O)c1ccnn1CC)C(=O)Nc1ccc(CC(=O)N(C)CC(F)(F)F)cc1F. The summed E-state index contributed by atoms with van der Waals surface area (Å²) >= 11 is 0. The molecule has 8 nitrogen and oxygen atoms in total. The van der Waals surface area contributed by atoms with Crippen LogP contribution in [0.2, 0.25) is 0 Å². The van der Waals surface area contributed by atoms with Crippen LogP contribution in [0.25, 0.3) is 0 Å². The van der Waals surface area contributed by atoms with Crippen molar-refractivity contribution in [2.24, 2.45) is 5.92 Å². The number of amides is 3. The van der Waals surface area contributed by atoms with Crippen LogP contribution in [0.5, 0.6) is 0 Å². The van der Waals surface area contributed by atoms with E-state index in [0.29, 0.717) is 35.9 Å². The normalized spacial score (nSPS) is 13.1. The van der Waals surface area contributed by atoms with Crippen LogP contribution in [0.3, 0.4) is 0 Å². The lowest BCUT2D eigenvalue weighted by Crippen LogP contribution is -2.44. The molecule has 2 rings (SSSR count). The molecular formula is C26H35F4N5O3. The third-order valence-corrected chi connectivity index (χ3v) is 6.25. The Morgan fingerprint density at radius 2 is 1.84 bits per heavy atom. The number of halogens is 4. The molecule has 0 aliphatic rings. The summed E-state index contributed by atoms with van der Waals surface area (Å²) in [6.45, 7) is 5.04. The van der Waals surface area contributed by atoms with Crippen molar-refractivity contribution >= 4 is 23.4 Å². The number of carbonyl (C=O) groups excluding carboxylic acids is 3. The molecule has 0 bridgehead atoms. The molecule has 3 amide bonds.